The molecule has 0 aliphatic rings. The summed E-state index contributed by atoms with van der Waals surface area (Å²) in [6.45, 7) is 6.43. The van der Waals surface area contributed by atoms with Crippen LogP contribution in [0, 0.1) is 11.3 Å². The minimum Gasteiger partial charge on any atom is -0.239 e. The summed E-state index contributed by atoms with van der Waals surface area (Å²) in [5.41, 5.74) is 2.69. The van der Waals surface area contributed by atoms with Crippen LogP contribution >= 0.6 is 0 Å². The van der Waals surface area contributed by atoms with Gasteiger partial charge in [-0.25, -0.2) is 4.68 Å². The van der Waals surface area contributed by atoms with Crippen molar-refractivity contribution < 1.29 is 0 Å². The van der Waals surface area contributed by atoms with Crippen molar-refractivity contribution in [2.45, 2.75) is 26.2 Å². The Kier molecular flexibility index (Phi) is 2.72. The average molecular weight is 225 g/mol. The molecule has 3 nitrogen and oxygen atoms in total. The van der Waals surface area contributed by atoms with Gasteiger partial charge in [0, 0.05) is 6.20 Å². The first kappa shape index (κ1) is 11.4. The van der Waals surface area contributed by atoms with Gasteiger partial charge in [-0.3, -0.25) is 0 Å². The second-order valence-electron chi connectivity index (χ2n) is 5.05. The summed E-state index contributed by atoms with van der Waals surface area (Å²) in [5.74, 6) is 0. The highest BCUT2D eigenvalue weighted by molar-refractivity contribution is 5.48. The van der Waals surface area contributed by atoms with Crippen molar-refractivity contribution in [1.29, 1.82) is 5.26 Å². The molecule has 0 saturated heterocycles. The van der Waals surface area contributed by atoms with E-state index in [-0.39, 0.29) is 5.41 Å². The van der Waals surface area contributed by atoms with Crippen molar-refractivity contribution in [3.8, 4) is 11.8 Å². The fraction of sp³-hybridized carbons (Fsp3) is 0.286. The Labute approximate surface area is 101 Å². The van der Waals surface area contributed by atoms with Crippen LogP contribution in [-0.4, -0.2) is 9.78 Å². The third kappa shape index (κ3) is 2.21. The van der Waals surface area contributed by atoms with Gasteiger partial charge >= 0.3 is 0 Å². The summed E-state index contributed by atoms with van der Waals surface area (Å²) >= 11 is 0. The molecule has 0 N–H and O–H groups in total. The predicted molar refractivity (Wildman–Crippen MR) is 67.0 cm³/mol. The SMILES string of the molecule is CC(C)(C)c1cnn(-c2ccccc2C#N)c1. The Hall–Kier alpha value is -2.08. The van der Waals surface area contributed by atoms with Gasteiger partial charge in [-0.1, -0.05) is 32.9 Å². The molecule has 0 aliphatic carbocycles. The van der Waals surface area contributed by atoms with Gasteiger partial charge in [-0.15, -0.1) is 0 Å². The molecule has 0 fully saturated rings. The van der Waals surface area contributed by atoms with Crippen molar-refractivity contribution >= 4 is 0 Å². The average Bonchev–Trinajstić information content (AvgIpc) is 2.77. The molecule has 1 heterocycles. The fourth-order valence-corrected chi connectivity index (χ4v) is 1.61. The Morgan fingerprint density at radius 2 is 1.94 bits per heavy atom. The second kappa shape index (κ2) is 4.06. The molecule has 2 aromatic rings. The molecule has 3 heteroatoms. The lowest BCUT2D eigenvalue weighted by atomic mass is 9.90. The Morgan fingerprint density at radius 3 is 2.53 bits per heavy atom. The highest BCUT2D eigenvalue weighted by Gasteiger charge is 2.16. The van der Waals surface area contributed by atoms with E-state index in [1.165, 1.54) is 0 Å². The summed E-state index contributed by atoms with van der Waals surface area (Å²) in [6.07, 6.45) is 3.84. The van der Waals surface area contributed by atoms with Gasteiger partial charge in [0.05, 0.1) is 17.4 Å². The largest absolute Gasteiger partial charge is 0.239 e. The molecule has 1 aromatic heterocycles. The van der Waals surface area contributed by atoms with E-state index in [1.54, 1.807) is 10.7 Å². The normalized spacial score (nSPS) is 11.2. The zero-order valence-corrected chi connectivity index (χ0v) is 10.3. The van der Waals surface area contributed by atoms with Gasteiger partial charge in [0.2, 0.25) is 0 Å². The summed E-state index contributed by atoms with van der Waals surface area (Å²) in [6, 6.07) is 9.65. The molecule has 86 valence electrons. The van der Waals surface area contributed by atoms with Crippen molar-refractivity contribution in [1.82, 2.24) is 9.78 Å². The lowest BCUT2D eigenvalue weighted by molar-refractivity contribution is 0.590. The van der Waals surface area contributed by atoms with Gasteiger partial charge < -0.3 is 0 Å². The van der Waals surface area contributed by atoms with Gasteiger partial charge in [-0.05, 0) is 23.1 Å². The summed E-state index contributed by atoms with van der Waals surface area (Å²) in [4.78, 5) is 0. The topological polar surface area (TPSA) is 41.6 Å². The number of nitriles is 1. The summed E-state index contributed by atoms with van der Waals surface area (Å²) in [7, 11) is 0. The number of hydrogen-bond acceptors (Lipinski definition) is 2. The highest BCUT2D eigenvalue weighted by Crippen LogP contribution is 2.23. The second-order valence-corrected chi connectivity index (χ2v) is 5.05. The smallest absolute Gasteiger partial charge is 0.101 e. The van der Waals surface area contributed by atoms with Gasteiger partial charge in [0.25, 0.3) is 0 Å². The Balaban J connectivity index is 2.49. The van der Waals surface area contributed by atoms with Crippen molar-refractivity contribution in [3.63, 3.8) is 0 Å². The van der Waals surface area contributed by atoms with Crippen LogP contribution in [0.5, 0.6) is 0 Å². The zero-order valence-electron chi connectivity index (χ0n) is 10.3. The Morgan fingerprint density at radius 1 is 1.24 bits per heavy atom. The lowest BCUT2D eigenvalue weighted by Gasteiger charge is -2.15. The molecule has 2 rings (SSSR count). The maximum absolute atomic E-state index is 9.06. The van der Waals surface area contributed by atoms with Crippen LogP contribution in [0.15, 0.2) is 36.7 Å². The number of nitrogens with zero attached hydrogens (tertiary/aromatic N) is 3. The first-order chi connectivity index (χ1) is 8.02. The van der Waals surface area contributed by atoms with Crippen LogP contribution in [0.25, 0.3) is 5.69 Å². The van der Waals surface area contributed by atoms with E-state index in [0.29, 0.717) is 5.56 Å². The zero-order chi connectivity index (χ0) is 12.5. The van der Waals surface area contributed by atoms with E-state index >= 15 is 0 Å². The van der Waals surface area contributed by atoms with Gasteiger partial charge in [0.1, 0.15) is 6.07 Å². The molecular formula is C14H15N3. The molecule has 0 spiro atoms. The summed E-state index contributed by atoms with van der Waals surface area (Å²) in [5, 5.41) is 13.4. The van der Waals surface area contributed by atoms with Crippen LogP contribution < -0.4 is 0 Å². The molecule has 0 bridgehead atoms. The lowest BCUT2D eigenvalue weighted by Crippen LogP contribution is -2.09. The molecule has 0 aliphatic heterocycles. The molecule has 0 amide bonds. The van der Waals surface area contributed by atoms with Gasteiger partial charge in [-0.2, -0.15) is 10.4 Å². The number of benzene rings is 1. The van der Waals surface area contributed by atoms with E-state index in [4.69, 9.17) is 5.26 Å². The van der Waals surface area contributed by atoms with E-state index in [2.05, 4.69) is 31.9 Å². The standard InChI is InChI=1S/C14H15N3/c1-14(2,3)12-9-16-17(10-12)13-7-5-4-6-11(13)8-15/h4-7,9-10H,1-3H3. The Bertz CT molecular complexity index is 568. The molecular weight excluding hydrogens is 210 g/mol. The van der Waals surface area contributed by atoms with Crippen LogP contribution in [0.3, 0.4) is 0 Å². The van der Waals surface area contributed by atoms with Crippen LogP contribution in [0.2, 0.25) is 0 Å². The predicted octanol–water partition coefficient (Wildman–Crippen LogP) is 3.04. The number of para-hydroxylation sites is 1. The molecule has 17 heavy (non-hydrogen) atoms. The van der Waals surface area contributed by atoms with Crippen molar-refractivity contribution in [2.24, 2.45) is 0 Å². The van der Waals surface area contributed by atoms with Crippen molar-refractivity contribution in [2.75, 3.05) is 0 Å². The van der Waals surface area contributed by atoms with Crippen LogP contribution in [0.1, 0.15) is 31.9 Å². The van der Waals surface area contributed by atoms with Crippen LogP contribution in [0.4, 0.5) is 0 Å². The fourth-order valence-electron chi connectivity index (χ4n) is 1.61. The van der Waals surface area contributed by atoms with Gasteiger partial charge in [0.15, 0.2) is 0 Å². The summed E-state index contributed by atoms with van der Waals surface area (Å²) < 4.78 is 1.76. The third-order valence-corrected chi connectivity index (χ3v) is 2.72. The number of hydrogen-bond donors (Lipinski definition) is 0. The third-order valence-electron chi connectivity index (χ3n) is 2.72. The molecule has 0 saturated carbocycles. The van der Waals surface area contributed by atoms with Crippen molar-refractivity contribution in [3.05, 3.63) is 47.8 Å². The van der Waals surface area contributed by atoms with E-state index in [1.807, 2.05) is 30.6 Å². The van der Waals surface area contributed by atoms with E-state index in [0.717, 1.165) is 11.3 Å². The molecule has 0 unspecified atom stereocenters. The van der Waals surface area contributed by atoms with E-state index < -0.39 is 0 Å². The maximum Gasteiger partial charge on any atom is 0.101 e. The minimum absolute atomic E-state index is 0.0693. The number of rotatable bonds is 1. The first-order valence-corrected chi connectivity index (χ1v) is 5.57. The van der Waals surface area contributed by atoms with E-state index in [9.17, 15) is 0 Å². The van der Waals surface area contributed by atoms with Crippen LogP contribution in [-0.2, 0) is 5.41 Å². The number of aromatic nitrogens is 2. The monoisotopic (exact) mass is 225 g/mol. The molecule has 0 radical (unpaired) electrons. The maximum atomic E-state index is 9.06. The molecule has 1 aromatic carbocycles. The quantitative estimate of drug-likeness (QED) is 0.748. The highest BCUT2D eigenvalue weighted by atomic mass is 15.3. The first-order valence-electron chi connectivity index (χ1n) is 5.57. The molecule has 0 atom stereocenters. The minimum atomic E-state index is 0.0693.